The first-order chi connectivity index (χ1) is 12.1. The van der Waals surface area contributed by atoms with E-state index >= 15 is 0 Å². The van der Waals surface area contributed by atoms with E-state index in [1.54, 1.807) is 14.0 Å². The number of ether oxygens (including phenoxy) is 2. The zero-order valence-corrected chi connectivity index (χ0v) is 15.9. The van der Waals surface area contributed by atoms with Crippen LogP contribution in [0, 0.1) is 0 Å². The smallest absolute Gasteiger partial charge is 0.413 e. The van der Waals surface area contributed by atoms with Gasteiger partial charge in [-0.1, -0.05) is 18.9 Å². The average molecular weight is 348 g/mol. The number of hydrogen-bond acceptors (Lipinski definition) is 4. The number of unbranched alkanes of at least 4 members (excludes halogenated alkanes) is 3. The third kappa shape index (κ3) is 8.59. The lowest BCUT2D eigenvalue weighted by atomic mass is 10.2. The Kier molecular flexibility index (Phi) is 10.4. The lowest BCUT2D eigenvalue weighted by Gasteiger charge is -2.17. The number of nitrogens with zero attached hydrogens (tertiary/aromatic N) is 2. The van der Waals surface area contributed by atoms with E-state index in [-0.39, 0.29) is 6.09 Å². The minimum absolute atomic E-state index is 0.352. The number of carbonyl (C=O) groups is 1. The van der Waals surface area contributed by atoms with Crippen LogP contribution in [0.3, 0.4) is 0 Å². The molecule has 0 aromatic heterocycles. The van der Waals surface area contributed by atoms with Crippen LogP contribution in [0.2, 0.25) is 0 Å². The fourth-order valence-electron chi connectivity index (χ4n) is 2.43. The Labute approximate surface area is 152 Å². The first-order valence-corrected chi connectivity index (χ1v) is 9.01. The van der Waals surface area contributed by atoms with Crippen molar-refractivity contribution >= 4 is 11.8 Å². The van der Waals surface area contributed by atoms with E-state index in [0.717, 1.165) is 37.6 Å². The molecule has 0 N–H and O–H groups in total. The van der Waals surface area contributed by atoms with Crippen LogP contribution in [-0.2, 0) is 4.74 Å². The maximum Gasteiger partial charge on any atom is 0.413 e. The predicted octanol–water partition coefficient (Wildman–Crippen LogP) is 4.34. The number of rotatable bonds is 12. The van der Waals surface area contributed by atoms with Crippen LogP contribution in [-0.4, -0.2) is 51.4 Å². The molecule has 1 amide bonds. The summed E-state index contributed by atoms with van der Waals surface area (Å²) >= 11 is 0. The third-order valence-corrected chi connectivity index (χ3v) is 3.91. The van der Waals surface area contributed by atoms with Crippen molar-refractivity contribution in [3.05, 3.63) is 36.9 Å². The molecule has 25 heavy (non-hydrogen) atoms. The number of hydrogen-bond donors (Lipinski definition) is 0. The number of carbonyl (C=O) groups excluding carboxylic acids is 1. The van der Waals surface area contributed by atoms with E-state index in [9.17, 15) is 4.79 Å². The van der Waals surface area contributed by atoms with E-state index in [0.29, 0.717) is 6.61 Å². The zero-order valence-electron chi connectivity index (χ0n) is 15.9. The number of anilines is 1. The molecule has 0 fully saturated rings. The van der Waals surface area contributed by atoms with Gasteiger partial charge in [-0.2, -0.15) is 0 Å². The van der Waals surface area contributed by atoms with Crippen molar-refractivity contribution in [2.45, 2.75) is 32.6 Å². The summed E-state index contributed by atoms with van der Waals surface area (Å²) in [6, 6.07) is 7.49. The summed E-state index contributed by atoms with van der Waals surface area (Å²) in [6.07, 6.45) is 6.23. The van der Waals surface area contributed by atoms with Gasteiger partial charge >= 0.3 is 6.09 Å². The van der Waals surface area contributed by atoms with Crippen LogP contribution in [0.15, 0.2) is 36.9 Å². The Bertz CT molecular complexity index is 502. The summed E-state index contributed by atoms with van der Waals surface area (Å²) < 4.78 is 10.7. The quantitative estimate of drug-likeness (QED) is 0.416. The Morgan fingerprint density at radius 2 is 1.80 bits per heavy atom. The molecule has 1 rings (SSSR count). The van der Waals surface area contributed by atoms with Gasteiger partial charge in [-0.25, -0.2) is 4.79 Å². The molecule has 0 saturated carbocycles. The van der Waals surface area contributed by atoms with Crippen molar-refractivity contribution in [2.24, 2.45) is 0 Å². The summed E-state index contributed by atoms with van der Waals surface area (Å²) in [7, 11) is 3.81. The van der Waals surface area contributed by atoms with Gasteiger partial charge < -0.3 is 14.4 Å². The van der Waals surface area contributed by atoms with Gasteiger partial charge in [0.1, 0.15) is 5.75 Å². The molecule has 0 atom stereocenters. The molecule has 5 heteroatoms. The standard InChI is InChI=1S/C20H32N2O3/c1-5-15-21(3)16-9-7-8-10-17-25-19-13-11-18(12-14-19)22(4)20(23)24-6-2/h5,11-14H,1,6-10,15-17H2,2-4H3. The van der Waals surface area contributed by atoms with Gasteiger partial charge in [-0.05, 0) is 57.6 Å². The van der Waals surface area contributed by atoms with E-state index < -0.39 is 0 Å². The molecule has 1 aromatic carbocycles. The van der Waals surface area contributed by atoms with Crippen molar-refractivity contribution in [1.29, 1.82) is 0 Å². The van der Waals surface area contributed by atoms with Crippen molar-refractivity contribution in [2.75, 3.05) is 45.3 Å². The summed E-state index contributed by atoms with van der Waals surface area (Å²) in [4.78, 5) is 15.4. The molecule has 0 heterocycles. The first kappa shape index (κ1) is 21.0. The van der Waals surface area contributed by atoms with E-state index in [2.05, 4.69) is 18.5 Å². The molecule has 0 aliphatic heterocycles. The highest BCUT2D eigenvalue weighted by atomic mass is 16.6. The minimum atomic E-state index is -0.352. The summed E-state index contributed by atoms with van der Waals surface area (Å²) in [5.41, 5.74) is 0.787. The molecule has 1 aromatic rings. The molecule has 0 spiro atoms. The van der Waals surface area contributed by atoms with Crippen LogP contribution in [0.4, 0.5) is 10.5 Å². The van der Waals surface area contributed by atoms with Gasteiger partial charge in [0, 0.05) is 19.3 Å². The Morgan fingerprint density at radius 1 is 1.12 bits per heavy atom. The normalized spacial score (nSPS) is 10.6. The molecule has 0 aliphatic rings. The van der Waals surface area contributed by atoms with E-state index in [4.69, 9.17) is 9.47 Å². The highest BCUT2D eigenvalue weighted by Crippen LogP contribution is 2.19. The zero-order chi connectivity index (χ0) is 18.5. The van der Waals surface area contributed by atoms with Gasteiger partial charge in [0.2, 0.25) is 0 Å². The van der Waals surface area contributed by atoms with Gasteiger partial charge in [-0.3, -0.25) is 4.90 Å². The highest BCUT2D eigenvalue weighted by molar-refractivity contribution is 5.86. The maximum absolute atomic E-state index is 11.7. The molecular formula is C20H32N2O3. The molecular weight excluding hydrogens is 316 g/mol. The van der Waals surface area contributed by atoms with Crippen molar-refractivity contribution in [1.82, 2.24) is 4.90 Å². The van der Waals surface area contributed by atoms with Crippen LogP contribution < -0.4 is 9.64 Å². The van der Waals surface area contributed by atoms with Crippen molar-refractivity contribution < 1.29 is 14.3 Å². The third-order valence-electron chi connectivity index (χ3n) is 3.91. The van der Waals surface area contributed by atoms with Gasteiger partial charge in [0.15, 0.2) is 0 Å². The van der Waals surface area contributed by atoms with Crippen LogP contribution in [0.5, 0.6) is 5.75 Å². The Balaban J connectivity index is 2.19. The monoisotopic (exact) mass is 348 g/mol. The van der Waals surface area contributed by atoms with Gasteiger partial charge in [0.25, 0.3) is 0 Å². The second-order valence-corrected chi connectivity index (χ2v) is 6.07. The lowest BCUT2D eigenvalue weighted by molar-refractivity contribution is 0.161. The summed E-state index contributed by atoms with van der Waals surface area (Å²) in [5, 5.41) is 0. The van der Waals surface area contributed by atoms with E-state index in [1.807, 2.05) is 30.3 Å². The summed E-state index contributed by atoms with van der Waals surface area (Å²) in [5.74, 6) is 0.826. The fourth-order valence-corrected chi connectivity index (χ4v) is 2.43. The molecule has 0 unspecified atom stereocenters. The van der Waals surface area contributed by atoms with Crippen molar-refractivity contribution in [3.63, 3.8) is 0 Å². The topological polar surface area (TPSA) is 42.0 Å². The van der Waals surface area contributed by atoms with Crippen LogP contribution >= 0.6 is 0 Å². The molecule has 0 bridgehead atoms. The largest absolute Gasteiger partial charge is 0.494 e. The Morgan fingerprint density at radius 3 is 2.44 bits per heavy atom. The van der Waals surface area contributed by atoms with Crippen LogP contribution in [0.1, 0.15) is 32.6 Å². The molecule has 140 valence electrons. The molecule has 0 aliphatic carbocycles. The highest BCUT2D eigenvalue weighted by Gasteiger charge is 2.11. The second-order valence-electron chi connectivity index (χ2n) is 6.07. The molecule has 0 saturated heterocycles. The number of benzene rings is 1. The van der Waals surface area contributed by atoms with Crippen molar-refractivity contribution in [3.8, 4) is 5.75 Å². The van der Waals surface area contributed by atoms with Crippen LogP contribution in [0.25, 0.3) is 0 Å². The summed E-state index contributed by atoms with van der Waals surface area (Å²) in [6.45, 7) is 8.69. The second kappa shape index (κ2) is 12.4. The lowest BCUT2D eigenvalue weighted by Crippen LogP contribution is -2.26. The van der Waals surface area contributed by atoms with Gasteiger partial charge in [-0.15, -0.1) is 6.58 Å². The number of likely N-dealkylation sites (N-methyl/N-ethyl adjacent to an activating group) is 1. The Hall–Kier alpha value is -2.01. The average Bonchev–Trinajstić information content (AvgIpc) is 2.61. The number of amides is 1. The van der Waals surface area contributed by atoms with Gasteiger partial charge in [0.05, 0.1) is 13.2 Å². The maximum atomic E-state index is 11.7. The SMILES string of the molecule is C=CCN(C)CCCCCCOc1ccc(N(C)C(=O)OCC)cc1. The fraction of sp³-hybridized carbons (Fsp3) is 0.550. The molecule has 5 nitrogen and oxygen atoms in total. The van der Waals surface area contributed by atoms with E-state index in [1.165, 1.54) is 24.2 Å². The minimum Gasteiger partial charge on any atom is -0.494 e. The predicted molar refractivity (Wildman–Crippen MR) is 104 cm³/mol. The first-order valence-electron chi connectivity index (χ1n) is 9.01. The molecule has 0 radical (unpaired) electrons.